The van der Waals surface area contributed by atoms with E-state index in [9.17, 15) is 13.6 Å². The monoisotopic (exact) mass is 227 g/mol. The molecule has 0 radical (unpaired) electrons. The number of aliphatic hydroxyl groups excluding tert-OH is 1. The van der Waals surface area contributed by atoms with Crippen molar-refractivity contribution in [2.45, 2.75) is 6.42 Å². The fourth-order valence-electron chi connectivity index (χ4n) is 1.84. The van der Waals surface area contributed by atoms with Gasteiger partial charge in [0, 0.05) is 31.6 Å². The predicted octanol–water partition coefficient (Wildman–Crippen LogP) is 1.31. The summed E-state index contributed by atoms with van der Waals surface area (Å²) in [4.78, 5) is 12.8. The number of rotatable bonds is 2. The summed E-state index contributed by atoms with van der Waals surface area (Å²) in [6, 6.07) is 3.09. The lowest BCUT2D eigenvalue weighted by molar-refractivity contribution is -0.117. The van der Waals surface area contributed by atoms with Gasteiger partial charge in [-0.3, -0.25) is 4.79 Å². The Labute approximate surface area is 91.3 Å². The molecule has 0 bridgehead atoms. The van der Waals surface area contributed by atoms with E-state index in [4.69, 9.17) is 5.11 Å². The van der Waals surface area contributed by atoms with Gasteiger partial charge in [0.15, 0.2) is 0 Å². The van der Waals surface area contributed by atoms with Crippen molar-refractivity contribution in [1.82, 2.24) is 0 Å². The lowest BCUT2D eigenvalue weighted by Crippen LogP contribution is -2.25. The second-order valence-corrected chi connectivity index (χ2v) is 3.85. The fourth-order valence-corrected chi connectivity index (χ4v) is 1.84. The van der Waals surface area contributed by atoms with Gasteiger partial charge in [0.25, 0.3) is 0 Å². The Balaban J connectivity index is 2.28. The van der Waals surface area contributed by atoms with Gasteiger partial charge in [-0.05, 0) is 12.1 Å². The molecule has 3 nitrogen and oxygen atoms in total. The van der Waals surface area contributed by atoms with Crippen LogP contribution in [0.15, 0.2) is 18.2 Å². The molecule has 0 spiro atoms. The molecule has 5 heteroatoms. The molecule has 2 rings (SSSR count). The van der Waals surface area contributed by atoms with Crippen LogP contribution in [0, 0.1) is 17.6 Å². The van der Waals surface area contributed by atoms with Crippen LogP contribution in [0.5, 0.6) is 0 Å². The Morgan fingerprint density at radius 2 is 2.19 bits per heavy atom. The average molecular weight is 227 g/mol. The number of halogens is 2. The molecule has 1 N–H and O–H groups in total. The van der Waals surface area contributed by atoms with Crippen molar-refractivity contribution in [3.63, 3.8) is 0 Å². The molecular weight excluding hydrogens is 216 g/mol. The molecule has 0 saturated carbocycles. The number of carbonyl (C=O) groups is 1. The van der Waals surface area contributed by atoms with Crippen molar-refractivity contribution in [2.75, 3.05) is 18.1 Å². The normalized spacial score (nSPS) is 20.6. The first-order valence-corrected chi connectivity index (χ1v) is 4.98. The number of aliphatic hydroxyl groups is 1. The van der Waals surface area contributed by atoms with E-state index >= 15 is 0 Å². The highest BCUT2D eigenvalue weighted by Crippen LogP contribution is 2.27. The van der Waals surface area contributed by atoms with Crippen molar-refractivity contribution in [3.05, 3.63) is 29.8 Å². The Hall–Kier alpha value is -1.49. The minimum Gasteiger partial charge on any atom is -0.396 e. The molecule has 0 aliphatic carbocycles. The van der Waals surface area contributed by atoms with Crippen LogP contribution in [0.2, 0.25) is 0 Å². The van der Waals surface area contributed by atoms with Crippen LogP contribution in [-0.2, 0) is 4.79 Å². The minimum absolute atomic E-state index is 0.0716. The van der Waals surface area contributed by atoms with E-state index in [0.717, 1.165) is 12.1 Å². The molecule has 1 aromatic rings. The number of amides is 1. The molecule has 1 amide bonds. The number of hydrogen-bond donors (Lipinski definition) is 1. The van der Waals surface area contributed by atoms with Gasteiger partial charge in [-0.15, -0.1) is 0 Å². The summed E-state index contributed by atoms with van der Waals surface area (Å²) in [6.07, 6.45) is 0.202. The molecule has 86 valence electrons. The molecule has 1 heterocycles. The Kier molecular flexibility index (Phi) is 2.87. The third-order valence-electron chi connectivity index (χ3n) is 2.66. The number of anilines is 1. The highest BCUT2D eigenvalue weighted by molar-refractivity contribution is 5.95. The lowest BCUT2D eigenvalue weighted by atomic mass is 10.1. The maximum Gasteiger partial charge on any atom is 0.227 e. The van der Waals surface area contributed by atoms with Gasteiger partial charge in [-0.2, -0.15) is 0 Å². The second-order valence-electron chi connectivity index (χ2n) is 3.85. The molecule has 16 heavy (non-hydrogen) atoms. The van der Waals surface area contributed by atoms with E-state index in [1.165, 1.54) is 11.0 Å². The van der Waals surface area contributed by atoms with Crippen molar-refractivity contribution in [2.24, 2.45) is 5.92 Å². The maximum absolute atomic E-state index is 13.4. The highest BCUT2D eigenvalue weighted by atomic mass is 19.1. The smallest absolute Gasteiger partial charge is 0.227 e. The standard InChI is InChI=1S/C11H11F2NO2/c12-8-1-2-10(9(13)4-8)14-5-7(6-15)3-11(14)16/h1-2,4,7,15H,3,5-6H2. The third kappa shape index (κ3) is 1.90. The third-order valence-corrected chi connectivity index (χ3v) is 2.66. The molecule has 1 atom stereocenters. The fraction of sp³-hybridized carbons (Fsp3) is 0.364. The van der Waals surface area contributed by atoms with Crippen LogP contribution >= 0.6 is 0 Å². The molecule has 0 aromatic heterocycles. The van der Waals surface area contributed by atoms with Crippen molar-refractivity contribution in [3.8, 4) is 0 Å². The second kappa shape index (κ2) is 4.17. The quantitative estimate of drug-likeness (QED) is 0.827. The van der Waals surface area contributed by atoms with Crippen LogP contribution in [0.25, 0.3) is 0 Å². The molecule has 1 aliphatic rings. The van der Waals surface area contributed by atoms with E-state index in [1.54, 1.807) is 0 Å². The van der Waals surface area contributed by atoms with E-state index in [0.29, 0.717) is 0 Å². The molecule has 1 unspecified atom stereocenters. The van der Waals surface area contributed by atoms with Gasteiger partial charge in [0.05, 0.1) is 5.69 Å². The molecule has 1 aliphatic heterocycles. The van der Waals surface area contributed by atoms with Gasteiger partial charge in [-0.25, -0.2) is 8.78 Å². The summed E-state index contributed by atoms with van der Waals surface area (Å²) in [6.45, 7) is 0.170. The summed E-state index contributed by atoms with van der Waals surface area (Å²) in [5.41, 5.74) is 0.0716. The first-order chi connectivity index (χ1) is 7.61. The summed E-state index contributed by atoms with van der Waals surface area (Å²) in [7, 11) is 0. The summed E-state index contributed by atoms with van der Waals surface area (Å²) in [5, 5.41) is 8.93. The SMILES string of the molecule is O=C1CC(CO)CN1c1ccc(F)cc1F. The molecular formula is C11H11F2NO2. The van der Waals surface area contributed by atoms with Crippen LogP contribution in [0.1, 0.15) is 6.42 Å². The van der Waals surface area contributed by atoms with Crippen molar-refractivity contribution < 1.29 is 18.7 Å². The zero-order valence-corrected chi connectivity index (χ0v) is 8.49. The average Bonchev–Trinajstić information content (AvgIpc) is 2.60. The lowest BCUT2D eigenvalue weighted by Gasteiger charge is -2.17. The summed E-state index contributed by atoms with van der Waals surface area (Å²) < 4.78 is 26.1. The van der Waals surface area contributed by atoms with Crippen LogP contribution in [-0.4, -0.2) is 24.2 Å². The predicted molar refractivity (Wildman–Crippen MR) is 53.9 cm³/mol. The van der Waals surface area contributed by atoms with Crippen molar-refractivity contribution in [1.29, 1.82) is 0 Å². The van der Waals surface area contributed by atoms with Gasteiger partial charge >= 0.3 is 0 Å². The minimum atomic E-state index is -0.757. The first-order valence-electron chi connectivity index (χ1n) is 4.98. The van der Waals surface area contributed by atoms with E-state index in [2.05, 4.69) is 0 Å². The Bertz CT molecular complexity index is 422. The zero-order chi connectivity index (χ0) is 11.7. The summed E-state index contributed by atoms with van der Waals surface area (Å²) >= 11 is 0. The largest absolute Gasteiger partial charge is 0.396 e. The molecule has 1 saturated heterocycles. The maximum atomic E-state index is 13.4. The van der Waals surface area contributed by atoms with E-state index < -0.39 is 11.6 Å². The number of benzene rings is 1. The number of hydrogen-bond acceptors (Lipinski definition) is 2. The van der Waals surface area contributed by atoms with Gasteiger partial charge < -0.3 is 10.0 Å². The van der Waals surface area contributed by atoms with E-state index in [-0.39, 0.29) is 37.1 Å². The Morgan fingerprint density at radius 1 is 1.44 bits per heavy atom. The highest BCUT2D eigenvalue weighted by Gasteiger charge is 2.31. The zero-order valence-electron chi connectivity index (χ0n) is 8.49. The van der Waals surface area contributed by atoms with Crippen molar-refractivity contribution >= 4 is 11.6 Å². The van der Waals surface area contributed by atoms with Crippen LogP contribution < -0.4 is 4.90 Å². The topological polar surface area (TPSA) is 40.5 Å². The number of nitrogens with zero attached hydrogens (tertiary/aromatic N) is 1. The number of carbonyl (C=O) groups excluding carboxylic acids is 1. The van der Waals surface area contributed by atoms with E-state index in [1.807, 2.05) is 0 Å². The van der Waals surface area contributed by atoms with Crippen LogP contribution in [0.4, 0.5) is 14.5 Å². The van der Waals surface area contributed by atoms with Gasteiger partial charge in [0.1, 0.15) is 11.6 Å². The van der Waals surface area contributed by atoms with Crippen LogP contribution in [0.3, 0.4) is 0 Å². The molecule has 1 aromatic carbocycles. The van der Waals surface area contributed by atoms with Gasteiger partial charge in [0.2, 0.25) is 5.91 Å². The molecule has 1 fully saturated rings. The summed E-state index contributed by atoms with van der Waals surface area (Å²) in [5.74, 6) is -1.85. The van der Waals surface area contributed by atoms with Gasteiger partial charge in [-0.1, -0.05) is 0 Å². The Morgan fingerprint density at radius 3 is 2.75 bits per heavy atom. The first kappa shape index (κ1) is 11.0.